The second kappa shape index (κ2) is 30.0. The fourth-order valence-corrected chi connectivity index (χ4v) is 7.28. The normalized spacial score (nSPS) is 11.8. The van der Waals surface area contributed by atoms with Crippen LogP contribution in [0.2, 0.25) is 0 Å². The Hall–Kier alpha value is -6.06. The number of halogens is 5. The van der Waals surface area contributed by atoms with Crippen molar-refractivity contribution in [2.45, 2.75) is 49.8 Å². The summed E-state index contributed by atoms with van der Waals surface area (Å²) >= 11 is 16.0. The number of aliphatic hydroxyl groups is 1. The van der Waals surface area contributed by atoms with E-state index >= 15 is 0 Å². The maximum absolute atomic E-state index is 12.1. The summed E-state index contributed by atoms with van der Waals surface area (Å²) in [6, 6.07) is 14.4. The summed E-state index contributed by atoms with van der Waals surface area (Å²) in [7, 11) is 4.29. The molecule has 7 aromatic heterocycles. The predicted octanol–water partition coefficient (Wildman–Crippen LogP) is 9.35. The molecule has 0 aliphatic heterocycles. The number of carbonyl (C=O) groups is 5. The number of rotatable bonds is 11. The molecule has 0 spiro atoms. The zero-order valence-electron chi connectivity index (χ0n) is 37.6. The van der Waals surface area contributed by atoms with E-state index in [2.05, 4.69) is 130 Å². The highest BCUT2D eigenvalue weighted by atomic mass is 79.9. The summed E-state index contributed by atoms with van der Waals surface area (Å²) in [5.41, 5.74) is 7.85. The van der Waals surface area contributed by atoms with Crippen molar-refractivity contribution in [3.8, 4) is 34.2 Å². The molecule has 1 fully saturated rings. The molecule has 21 nitrogen and oxygen atoms in total. The highest BCUT2D eigenvalue weighted by Gasteiger charge is 2.27. The van der Waals surface area contributed by atoms with Gasteiger partial charge in [-0.2, -0.15) is 0 Å². The molecule has 7 aromatic rings. The van der Waals surface area contributed by atoms with Crippen LogP contribution in [0.1, 0.15) is 58.2 Å². The number of esters is 2. The Labute approximate surface area is 447 Å². The highest BCUT2D eigenvalue weighted by molar-refractivity contribution is 9.11. The van der Waals surface area contributed by atoms with Crippen molar-refractivity contribution >= 4 is 110 Å². The maximum atomic E-state index is 12.1. The van der Waals surface area contributed by atoms with E-state index in [1.165, 1.54) is 58.5 Å². The summed E-state index contributed by atoms with van der Waals surface area (Å²) in [4.78, 5) is 84.0. The summed E-state index contributed by atoms with van der Waals surface area (Å²) in [6.07, 6.45) is 14.6. The lowest BCUT2D eigenvalue weighted by Crippen LogP contribution is -2.35. The van der Waals surface area contributed by atoms with Crippen LogP contribution in [0.4, 0.5) is 4.79 Å². The van der Waals surface area contributed by atoms with Gasteiger partial charge in [0.05, 0.1) is 31.3 Å². The van der Waals surface area contributed by atoms with Crippen LogP contribution in [0.25, 0.3) is 34.2 Å². The number of hydrogen-bond acceptors (Lipinski definition) is 19. The molecule has 0 bridgehead atoms. The molecule has 0 aromatic carbocycles. The zero-order chi connectivity index (χ0) is 51.9. The third-order valence-electron chi connectivity index (χ3n) is 9.38. The van der Waals surface area contributed by atoms with Crippen LogP contribution in [0.5, 0.6) is 0 Å². The average molecular weight is 1300 g/mol. The van der Waals surface area contributed by atoms with E-state index < -0.39 is 22.5 Å². The minimum Gasteiger partial charge on any atom is -0.468 e. The van der Waals surface area contributed by atoms with Crippen LogP contribution in [0, 0.1) is 0 Å². The Balaban J connectivity index is 0.000000206. The molecule has 1 saturated carbocycles. The highest BCUT2D eigenvalue weighted by Crippen LogP contribution is 2.26. The molecule has 26 heteroatoms. The van der Waals surface area contributed by atoms with Crippen LogP contribution in [0.3, 0.4) is 0 Å². The van der Waals surface area contributed by atoms with Gasteiger partial charge in [-0.3, -0.25) is 34.3 Å². The number of nitrogens with two attached hydrogens (primary N) is 1. The predicted molar refractivity (Wildman–Crippen MR) is 271 cm³/mol. The molecular formula is C45H42Br5N9O12. The van der Waals surface area contributed by atoms with Crippen LogP contribution >= 0.6 is 79.6 Å². The number of pyridine rings is 4. The first kappa shape index (κ1) is 57.5. The largest absolute Gasteiger partial charge is 0.468 e. The van der Waals surface area contributed by atoms with Gasteiger partial charge in [-0.05, 0) is 125 Å². The summed E-state index contributed by atoms with van der Waals surface area (Å²) in [5.74, 6) is -0.651. The lowest BCUT2D eigenvalue weighted by atomic mass is 10.2. The molecule has 1 aliphatic carbocycles. The van der Waals surface area contributed by atoms with Gasteiger partial charge >= 0.3 is 18.0 Å². The van der Waals surface area contributed by atoms with Crippen molar-refractivity contribution in [1.29, 1.82) is 0 Å². The second-order valence-electron chi connectivity index (χ2n) is 13.9. The molecule has 0 radical (unpaired) electrons. The fraction of sp³-hybridized carbons (Fsp3) is 0.244. The van der Waals surface area contributed by atoms with Gasteiger partial charge in [-0.15, -0.1) is 0 Å². The molecule has 0 saturated heterocycles. The Morgan fingerprint density at radius 2 is 1.15 bits per heavy atom. The third kappa shape index (κ3) is 17.6. The topological polar surface area (TPSA) is 292 Å². The monoisotopic (exact) mass is 1290 g/mol. The van der Waals surface area contributed by atoms with Crippen molar-refractivity contribution in [2.75, 3.05) is 21.3 Å². The van der Waals surface area contributed by atoms with Gasteiger partial charge in [0.15, 0.2) is 42.1 Å². The standard InChI is InChI=1S/C16H18BrN3O3.C10H7BrN2O3.C9H7Br2NO3.C9H7BrN2O2.CH3NO/c1-20(12-4-2-3-5-12)16(21)22-9-14-15(19-10-23-14)13-7-6-11(17)8-18-13;1-15-10(14)9-8(13-5-16-9)7-3-2-6(11)4-12-7;1-15-9(14)7(11)8(13)6-3-2-5(10)4-12-6;10-6-1-2-7(11-3-6)9-8(4-13)14-5-12-9;2-1-3/h6-8,10,12H,2-5,9H2,1H3;2-5H,1H3;2-4,7H,1H3;1-3,5,13H,4H2;1H,(H2,2,3). The van der Waals surface area contributed by atoms with Gasteiger partial charge in [0.1, 0.15) is 29.4 Å². The SMILES string of the molecule is CN(C(=O)OCc1ocnc1-c1ccc(Br)cn1)C1CCCC1.COC(=O)C(Br)C(=O)c1ccc(Br)cn1.COC(=O)c1ocnc1-c1ccc(Br)cn1.NC=O.OCc1ocnc1-c1ccc(Br)cn1. The van der Waals surface area contributed by atoms with E-state index in [4.69, 9.17) is 27.9 Å². The number of alkyl halides is 1. The van der Waals surface area contributed by atoms with E-state index in [1.54, 1.807) is 54.8 Å². The smallest absolute Gasteiger partial charge is 0.410 e. The maximum Gasteiger partial charge on any atom is 0.410 e. The van der Waals surface area contributed by atoms with Gasteiger partial charge in [0, 0.05) is 55.8 Å². The number of aliphatic hydroxyl groups excluding tert-OH is 1. The van der Waals surface area contributed by atoms with Gasteiger partial charge in [0.25, 0.3) is 0 Å². The number of oxazole rings is 3. The lowest BCUT2D eigenvalue weighted by molar-refractivity contribution is -0.138. The molecule has 7 heterocycles. The van der Waals surface area contributed by atoms with Crippen LogP contribution in [-0.4, -0.2) is 107 Å². The van der Waals surface area contributed by atoms with E-state index in [9.17, 15) is 19.2 Å². The Bertz CT molecular complexity index is 2770. The number of ether oxygens (including phenoxy) is 3. The van der Waals surface area contributed by atoms with Gasteiger partial charge in [-0.1, -0.05) is 28.8 Å². The van der Waals surface area contributed by atoms with Crippen LogP contribution in [-0.2, 0) is 37.0 Å². The van der Waals surface area contributed by atoms with E-state index in [0.717, 1.165) is 30.7 Å². The number of carbonyl (C=O) groups excluding carboxylic acids is 5. The summed E-state index contributed by atoms with van der Waals surface area (Å²) in [5, 5.41) is 8.95. The molecule has 1 atom stereocenters. The summed E-state index contributed by atoms with van der Waals surface area (Å²) in [6.45, 7) is -0.129. The number of nitrogens with zero attached hydrogens (tertiary/aromatic N) is 8. The van der Waals surface area contributed by atoms with Gasteiger partial charge in [-0.25, -0.2) is 24.5 Å². The number of amides is 2. The minimum atomic E-state index is -1.00. The lowest BCUT2D eigenvalue weighted by Gasteiger charge is -2.23. The first-order valence-electron chi connectivity index (χ1n) is 20.4. The molecule has 2 amide bonds. The van der Waals surface area contributed by atoms with E-state index in [-0.39, 0.29) is 43.2 Å². The number of ketones is 1. The van der Waals surface area contributed by atoms with Crippen molar-refractivity contribution in [2.24, 2.45) is 5.73 Å². The Morgan fingerprint density at radius 3 is 1.61 bits per heavy atom. The Kier molecular flexibility index (Phi) is 24.3. The van der Waals surface area contributed by atoms with Crippen molar-refractivity contribution < 1.29 is 56.5 Å². The molecule has 3 N–H and O–H groups in total. The minimum absolute atomic E-state index is 0.0446. The molecule has 8 rings (SSSR count). The first-order valence-corrected chi connectivity index (χ1v) is 24.5. The fourth-order valence-electron chi connectivity index (χ4n) is 5.92. The van der Waals surface area contributed by atoms with Crippen molar-refractivity contribution in [1.82, 2.24) is 39.8 Å². The molecule has 1 aliphatic rings. The molecule has 1 unspecified atom stereocenters. The third-order valence-corrected chi connectivity index (χ3v) is 12.0. The van der Waals surface area contributed by atoms with Crippen LogP contribution in [0.15, 0.2) is 124 Å². The average Bonchev–Trinajstić information content (AvgIpc) is 4.25. The number of methoxy groups -OCH3 is 2. The second-order valence-corrected chi connectivity index (χ2v) is 18.4. The molecule has 71 heavy (non-hydrogen) atoms. The number of Topliss-reactive ketones (excluding diaryl/α,β-unsaturated/α-hetero) is 1. The van der Waals surface area contributed by atoms with Crippen molar-refractivity contribution in [3.63, 3.8) is 0 Å². The number of hydrogen-bond donors (Lipinski definition) is 2. The van der Waals surface area contributed by atoms with E-state index in [0.29, 0.717) is 45.7 Å². The molecular weight excluding hydrogens is 1260 g/mol. The van der Waals surface area contributed by atoms with Crippen LogP contribution < -0.4 is 5.73 Å². The van der Waals surface area contributed by atoms with E-state index in [1.807, 2.05) is 18.2 Å². The number of primary amides is 1. The van der Waals surface area contributed by atoms with Gasteiger partial charge < -0.3 is 43.2 Å². The summed E-state index contributed by atoms with van der Waals surface area (Å²) < 4.78 is 33.1. The molecule has 374 valence electrons. The van der Waals surface area contributed by atoms with Gasteiger partial charge in [0.2, 0.25) is 18.0 Å². The first-order chi connectivity index (χ1) is 34.1. The number of aromatic nitrogens is 7. The quantitative estimate of drug-likeness (QED) is 0.0304. The zero-order valence-corrected chi connectivity index (χ0v) is 45.5. The Morgan fingerprint density at radius 1 is 0.704 bits per heavy atom. The van der Waals surface area contributed by atoms with Crippen molar-refractivity contribution in [3.05, 3.63) is 133 Å².